The number of nitrogens with one attached hydrogen (secondary N) is 1. The molecule has 1 saturated carbocycles. The van der Waals surface area contributed by atoms with Crippen LogP contribution in [-0.4, -0.2) is 53.4 Å². The molecule has 138 valence electrons. The molecule has 1 aromatic heterocycles. The van der Waals surface area contributed by atoms with Gasteiger partial charge in [0.25, 0.3) is 0 Å². The highest BCUT2D eigenvalue weighted by Gasteiger charge is 2.33. The number of carbonyl (C=O) groups excluding carboxylic acids is 1. The molecule has 2 aromatic rings. The summed E-state index contributed by atoms with van der Waals surface area (Å²) >= 11 is 1.65. The summed E-state index contributed by atoms with van der Waals surface area (Å²) < 4.78 is 0. The van der Waals surface area contributed by atoms with Crippen molar-refractivity contribution in [1.29, 1.82) is 0 Å². The summed E-state index contributed by atoms with van der Waals surface area (Å²) in [5.41, 5.74) is 4.27. The topological polar surface area (TPSA) is 48.5 Å². The highest BCUT2D eigenvalue weighted by Crippen LogP contribution is 2.40. The van der Waals surface area contributed by atoms with E-state index in [0.717, 1.165) is 38.4 Å². The number of piperazine rings is 1. The molecule has 5 nitrogen and oxygen atoms in total. The average molecular weight is 371 g/mol. The summed E-state index contributed by atoms with van der Waals surface area (Å²) in [7, 11) is 0. The van der Waals surface area contributed by atoms with E-state index < -0.39 is 0 Å². The molecule has 0 unspecified atom stereocenters. The Morgan fingerprint density at radius 2 is 1.88 bits per heavy atom. The van der Waals surface area contributed by atoms with Crippen molar-refractivity contribution < 1.29 is 4.79 Å². The zero-order valence-electron chi connectivity index (χ0n) is 15.0. The van der Waals surface area contributed by atoms with Gasteiger partial charge in [-0.05, 0) is 24.3 Å². The molecule has 1 aliphatic heterocycles. The van der Waals surface area contributed by atoms with Gasteiger partial charge in [-0.25, -0.2) is 4.98 Å². The number of benzene rings is 1. The zero-order chi connectivity index (χ0) is 17.8. The molecule has 0 radical (unpaired) electrons. The predicted molar refractivity (Wildman–Crippen MR) is 104 cm³/mol. The third kappa shape index (κ3) is 4.69. The molecular weight excluding hydrogens is 344 g/mol. The van der Waals surface area contributed by atoms with Crippen LogP contribution in [-0.2, 0) is 11.3 Å². The van der Waals surface area contributed by atoms with E-state index >= 15 is 0 Å². The van der Waals surface area contributed by atoms with Gasteiger partial charge in [-0.1, -0.05) is 30.3 Å². The number of thiazole rings is 1. The van der Waals surface area contributed by atoms with Gasteiger partial charge in [0, 0.05) is 38.1 Å². The maximum atomic E-state index is 12.6. The highest BCUT2D eigenvalue weighted by atomic mass is 32.1. The van der Waals surface area contributed by atoms with Crippen molar-refractivity contribution >= 4 is 17.2 Å². The van der Waals surface area contributed by atoms with Crippen LogP contribution in [0.2, 0.25) is 0 Å². The standard InChI is InChI=1S/C20H26N4OS/c25-19(22-20(17-6-7-17)16-4-2-1-3-5-16)13-24-10-8-23(9-11-24)12-18-14-26-15-21-18/h1-5,14-15,17,20H,6-13H2,(H,22,25)/t20-/m1/s1. The Kier molecular flexibility index (Phi) is 5.62. The summed E-state index contributed by atoms with van der Waals surface area (Å²) in [5.74, 6) is 0.759. The maximum absolute atomic E-state index is 12.6. The molecule has 26 heavy (non-hydrogen) atoms. The highest BCUT2D eigenvalue weighted by molar-refractivity contribution is 7.07. The molecule has 0 bridgehead atoms. The molecule has 0 spiro atoms. The van der Waals surface area contributed by atoms with Crippen LogP contribution in [0.4, 0.5) is 0 Å². The minimum atomic E-state index is 0.152. The van der Waals surface area contributed by atoms with E-state index in [1.165, 1.54) is 18.4 Å². The molecule has 1 saturated heterocycles. The van der Waals surface area contributed by atoms with Crippen molar-refractivity contribution in [3.05, 3.63) is 52.5 Å². The van der Waals surface area contributed by atoms with Gasteiger partial charge in [0.05, 0.1) is 23.8 Å². The third-order valence-electron chi connectivity index (χ3n) is 5.27. The van der Waals surface area contributed by atoms with E-state index in [-0.39, 0.29) is 11.9 Å². The summed E-state index contributed by atoms with van der Waals surface area (Å²) in [4.78, 5) is 21.6. The van der Waals surface area contributed by atoms with Crippen LogP contribution in [0, 0.1) is 5.92 Å². The van der Waals surface area contributed by atoms with Gasteiger partial charge in [0.15, 0.2) is 0 Å². The Balaban J connectivity index is 1.25. The summed E-state index contributed by atoms with van der Waals surface area (Å²) in [6.45, 7) is 5.29. The Morgan fingerprint density at radius 3 is 2.54 bits per heavy atom. The molecule has 2 heterocycles. The van der Waals surface area contributed by atoms with E-state index in [4.69, 9.17) is 0 Å². The van der Waals surface area contributed by atoms with Crippen molar-refractivity contribution in [2.75, 3.05) is 32.7 Å². The Hall–Kier alpha value is -1.76. The molecular formula is C20H26N4OS. The number of carbonyl (C=O) groups is 1. The largest absolute Gasteiger partial charge is 0.348 e. The number of nitrogens with zero attached hydrogens (tertiary/aromatic N) is 3. The Labute approximate surface area is 159 Å². The van der Waals surface area contributed by atoms with Crippen molar-refractivity contribution in [2.45, 2.75) is 25.4 Å². The van der Waals surface area contributed by atoms with Crippen LogP contribution < -0.4 is 5.32 Å². The summed E-state index contributed by atoms with van der Waals surface area (Å²) in [6.07, 6.45) is 2.43. The molecule has 2 aliphatic rings. The van der Waals surface area contributed by atoms with Gasteiger partial charge < -0.3 is 5.32 Å². The van der Waals surface area contributed by atoms with E-state index in [1.54, 1.807) is 11.3 Å². The van der Waals surface area contributed by atoms with Crippen molar-refractivity contribution in [3.63, 3.8) is 0 Å². The van der Waals surface area contributed by atoms with Gasteiger partial charge in [-0.3, -0.25) is 14.6 Å². The van der Waals surface area contributed by atoms with Crippen LogP contribution in [0.3, 0.4) is 0 Å². The van der Waals surface area contributed by atoms with E-state index in [1.807, 2.05) is 11.6 Å². The van der Waals surface area contributed by atoms with Gasteiger partial charge >= 0.3 is 0 Å². The molecule has 2 fully saturated rings. The second-order valence-corrected chi connectivity index (χ2v) is 8.04. The van der Waals surface area contributed by atoms with Crippen molar-refractivity contribution in [3.8, 4) is 0 Å². The molecule has 4 rings (SSSR count). The van der Waals surface area contributed by atoms with Crippen LogP contribution >= 0.6 is 11.3 Å². The summed E-state index contributed by atoms with van der Waals surface area (Å²) in [6, 6.07) is 10.6. The Morgan fingerprint density at radius 1 is 1.15 bits per heavy atom. The molecule has 6 heteroatoms. The summed E-state index contributed by atoms with van der Waals surface area (Å²) in [5, 5.41) is 5.40. The van der Waals surface area contributed by atoms with Crippen LogP contribution in [0.25, 0.3) is 0 Å². The Bertz CT molecular complexity index is 694. The minimum Gasteiger partial charge on any atom is -0.348 e. The quantitative estimate of drug-likeness (QED) is 0.814. The predicted octanol–water partition coefficient (Wildman–Crippen LogP) is 2.53. The van der Waals surface area contributed by atoms with Crippen LogP contribution in [0.1, 0.15) is 30.1 Å². The number of aromatic nitrogens is 1. The van der Waals surface area contributed by atoms with E-state index in [9.17, 15) is 4.79 Å². The van der Waals surface area contributed by atoms with E-state index in [2.05, 4.69) is 49.7 Å². The lowest BCUT2D eigenvalue weighted by Gasteiger charge is -2.34. The monoisotopic (exact) mass is 370 g/mol. The average Bonchev–Trinajstić information content (AvgIpc) is 3.38. The SMILES string of the molecule is O=C(CN1CCN(Cc2cscn2)CC1)N[C@H](c1ccccc1)C1CC1. The second-order valence-electron chi connectivity index (χ2n) is 7.33. The van der Waals surface area contributed by atoms with Crippen molar-refractivity contribution in [1.82, 2.24) is 20.1 Å². The molecule has 1 aromatic carbocycles. The van der Waals surface area contributed by atoms with Gasteiger partial charge in [0.1, 0.15) is 0 Å². The minimum absolute atomic E-state index is 0.152. The zero-order valence-corrected chi connectivity index (χ0v) is 15.8. The lowest BCUT2D eigenvalue weighted by atomic mass is 10.0. The fourth-order valence-electron chi connectivity index (χ4n) is 3.64. The molecule has 1 N–H and O–H groups in total. The van der Waals surface area contributed by atoms with Gasteiger partial charge in [0.2, 0.25) is 5.91 Å². The smallest absolute Gasteiger partial charge is 0.234 e. The number of hydrogen-bond acceptors (Lipinski definition) is 5. The van der Waals surface area contributed by atoms with Gasteiger partial charge in [-0.15, -0.1) is 11.3 Å². The number of amides is 1. The fraction of sp³-hybridized carbons (Fsp3) is 0.500. The lowest BCUT2D eigenvalue weighted by Crippen LogP contribution is -2.49. The van der Waals surface area contributed by atoms with Crippen LogP contribution in [0.5, 0.6) is 0 Å². The molecule has 1 amide bonds. The molecule has 1 atom stereocenters. The van der Waals surface area contributed by atoms with Crippen LogP contribution in [0.15, 0.2) is 41.2 Å². The first kappa shape index (κ1) is 17.6. The molecule has 1 aliphatic carbocycles. The van der Waals surface area contributed by atoms with E-state index in [0.29, 0.717) is 12.5 Å². The fourth-order valence-corrected chi connectivity index (χ4v) is 4.19. The maximum Gasteiger partial charge on any atom is 0.234 e. The third-order valence-corrected chi connectivity index (χ3v) is 5.91. The first-order chi connectivity index (χ1) is 12.8. The first-order valence-corrected chi connectivity index (χ1v) is 10.4. The van der Waals surface area contributed by atoms with Gasteiger partial charge in [-0.2, -0.15) is 0 Å². The second kappa shape index (κ2) is 8.29. The lowest BCUT2D eigenvalue weighted by molar-refractivity contribution is -0.123. The normalized spacial score (nSPS) is 20.0. The number of hydrogen-bond donors (Lipinski definition) is 1. The number of rotatable bonds is 7. The first-order valence-electron chi connectivity index (χ1n) is 9.44. The van der Waals surface area contributed by atoms with Crippen molar-refractivity contribution in [2.24, 2.45) is 5.92 Å².